The van der Waals surface area contributed by atoms with E-state index in [0.29, 0.717) is 0 Å². The molecule has 1 aromatic carbocycles. The summed E-state index contributed by atoms with van der Waals surface area (Å²) in [6.45, 7) is 11.2. The van der Waals surface area contributed by atoms with Crippen molar-refractivity contribution in [1.29, 1.82) is 0 Å². The molecule has 0 fully saturated rings. The predicted octanol–water partition coefficient (Wildman–Crippen LogP) is 10.1. The Labute approximate surface area is 229 Å². The zero-order valence-corrected chi connectivity index (χ0v) is 25.4. The normalized spacial score (nSPS) is 11.6. The summed E-state index contributed by atoms with van der Waals surface area (Å²) in [5.74, 6) is 2.38. The van der Waals surface area contributed by atoms with Gasteiger partial charge in [-0.1, -0.05) is 116 Å². The summed E-state index contributed by atoms with van der Waals surface area (Å²) in [6.07, 6.45) is 23.3. The number of ether oxygens (including phenoxy) is 2. The second-order valence-electron chi connectivity index (χ2n) is 11.7. The Kier molecular flexibility index (Phi) is 16.3. The Bertz CT molecular complexity index is 803. The lowest BCUT2D eigenvalue weighted by Crippen LogP contribution is -2.18. The molecule has 37 heavy (non-hydrogen) atoms. The van der Waals surface area contributed by atoms with Gasteiger partial charge in [0.1, 0.15) is 5.75 Å². The van der Waals surface area contributed by atoms with Crippen LogP contribution in [0.3, 0.4) is 0 Å². The average molecular weight is 527 g/mol. The van der Waals surface area contributed by atoms with E-state index in [1.54, 1.807) is 12.4 Å². The fraction of sp³-hybridized carbons (Fsp3) is 0.688. The van der Waals surface area contributed by atoms with Crippen LogP contribution in [0.4, 0.5) is 0 Å². The van der Waals surface area contributed by atoms with Gasteiger partial charge in [0, 0.05) is 13.6 Å². The fourth-order valence-electron chi connectivity index (χ4n) is 4.50. The molecule has 1 heterocycles. The van der Waals surface area contributed by atoms with Crippen molar-refractivity contribution in [2.24, 2.45) is 0 Å². The maximum atomic E-state index is 5.88. The lowest BCUT2D eigenvalue weighted by molar-refractivity contribution is 0.302. The summed E-state index contributed by atoms with van der Waals surface area (Å²) in [6, 6.07) is 9.56. The molecule has 1 aromatic heterocycles. The summed E-state index contributed by atoms with van der Waals surface area (Å²) < 4.78 is 11.7. The summed E-state index contributed by atoms with van der Waals surface area (Å²) >= 11 is 0. The van der Waals surface area contributed by atoms with Crippen LogP contribution >= 0.6 is 0 Å². The number of benzene rings is 1. The highest BCUT2D eigenvalue weighted by Crippen LogP contribution is 2.21. The fourth-order valence-corrected chi connectivity index (χ4v) is 5.81. The van der Waals surface area contributed by atoms with Gasteiger partial charge in [0.15, 0.2) is 11.6 Å². The molecule has 0 aliphatic carbocycles. The topological polar surface area (TPSA) is 44.2 Å². The minimum Gasteiger partial charge on any atom is -0.494 e. The molecule has 2 aromatic rings. The highest BCUT2D eigenvalue weighted by molar-refractivity contribution is 6.76. The Morgan fingerprint density at radius 1 is 0.568 bits per heavy atom. The molecule has 0 amide bonds. The number of hydrogen-bond donors (Lipinski definition) is 0. The third kappa shape index (κ3) is 15.9. The number of unbranched alkanes of at least 4 members (excludes halogenated alkanes) is 13. The van der Waals surface area contributed by atoms with Crippen LogP contribution < -0.4 is 9.47 Å². The SMILES string of the molecule is CCCCCCCCOc1ccc(-c2ncc(OCCCCCCCCCCC[Si](C)(C)C)cn2)cc1. The van der Waals surface area contributed by atoms with Gasteiger partial charge >= 0.3 is 0 Å². The third-order valence-electron chi connectivity index (χ3n) is 6.85. The van der Waals surface area contributed by atoms with Crippen LogP contribution in [0.2, 0.25) is 25.7 Å². The largest absolute Gasteiger partial charge is 0.494 e. The third-order valence-corrected chi connectivity index (χ3v) is 8.70. The first-order valence-electron chi connectivity index (χ1n) is 15.2. The Hall–Kier alpha value is -1.88. The summed E-state index contributed by atoms with van der Waals surface area (Å²) in [5, 5.41) is 0. The number of aromatic nitrogens is 2. The summed E-state index contributed by atoms with van der Waals surface area (Å²) in [4.78, 5) is 9.00. The molecule has 0 saturated carbocycles. The number of rotatable bonds is 22. The smallest absolute Gasteiger partial charge is 0.159 e. The van der Waals surface area contributed by atoms with Gasteiger partial charge in [0.05, 0.1) is 25.6 Å². The molecule has 2 rings (SSSR count). The first-order valence-corrected chi connectivity index (χ1v) is 18.9. The van der Waals surface area contributed by atoms with E-state index in [2.05, 4.69) is 36.5 Å². The van der Waals surface area contributed by atoms with E-state index >= 15 is 0 Å². The molecule has 0 aliphatic rings. The molecule has 0 bridgehead atoms. The van der Waals surface area contributed by atoms with Gasteiger partial charge in [-0.25, -0.2) is 9.97 Å². The van der Waals surface area contributed by atoms with Gasteiger partial charge in [0.25, 0.3) is 0 Å². The van der Waals surface area contributed by atoms with E-state index in [-0.39, 0.29) is 0 Å². The minimum absolute atomic E-state index is 0.718. The van der Waals surface area contributed by atoms with E-state index in [1.165, 1.54) is 89.5 Å². The predicted molar refractivity (Wildman–Crippen MR) is 162 cm³/mol. The first-order chi connectivity index (χ1) is 18.0. The average Bonchev–Trinajstić information content (AvgIpc) is 2.89. The molecule has 0 atom stereocenters. The lowest BCUT2D eigenvalue weighted by Gasteiger charge is -2.14. The van der Waals surface area contributed by atoms with Gasteiger partial charge in [0.2, 0.25) is 0 Å². The monoisotopic (exact) mass is 526 g/mol. The molecule has 4 nitrogen and oxygen atoms in total. The molecule has 208 valence electrons. The maximum absolute atomic E-state index is 5.88. The molecule has 0 N–H and O–H groups in total. The first kappa shape index (κ1) is 31.3. The van der Waals surface area contributed by atoms with Crippen molar-refractivity contribution in [3.63, 3.8) is 0 Å². The quantitative estimate of drug-likeness (QED) is 0.113. The Morgan fingerprint density at radius 3 is 1.54 bits per heavy atom. The van der Waals surface area contributed by atoms with Gasteiger partial charge in [-0.3, -0.25) is 0 Å². The molecular formula is C32H54N2O2Si. The lowest BCUT2D eigenvalue weighted by atomic mass is 10.1. The molecule has 0 unspecified atom stereocenters. The van der Waals surface area contributed by atoms with E-state index < -0.39 is 8.07 Å². The van der Waals surface area contributed by atoms with Crippen molar-refractivity contribution in [2.45, 2.75) is 129 Å². The molecule has 5 heteroatoms. The second-order valence-corrected chi connectivity index (χ2v) is 17.3. The summed E-state index contributed by atoms with van der Waals surface area (Å²) in [7, 11) is -0.829. The summed E-state index contributed by atoms with van der Waals surface area (Å²) in [5.41, 5.74) is 0.995. The minimum atomic E-state index is -0.829. The highest BCUT2D eigenvalue weighted by atomic mass is 28.3. The molecule has 0 radical (unpaired) electrons. The van der Waals surface area contributed by atoms with E-state index in [0.717, 1.165) is 48.9 Å². The van der Waals surface area contributed by atoms with Gasteiger partial charge in [-0.15, -0.1) is 0 Å². The zero-order valence-electron chi connectivity index (χ0n) is 24.4. The van der Waals surface area contributed by atoms with Crippen molar-refractivity contribution in [1.82, 2.24) is 9.97 Å². The van der Waals surface area contributed by atoms with Crippen molar-refractivity contribution < 1.29 is 9.47 Å². The van der Waals surface area contributed by atoms with Gasteiger partial charge < -0.3 is 9.47 Å². The Morgan fingerprint density at radius 2 is 1.03 bits per heavy atom. The maximum Gasteiger partial charge on any atom is 0.159 e. The van der Waals surface area contributed by atoms with E-state index in [1.807, 2.05) is 24.3 Å². The van der Waals surface area contributed by atoms with Crippen LogP contribution in [-0.2, 0) is 0 Å². The standard InChI is InChI=1S/C32H54N2O2Si/c1-5-6-7-8-14-17-24-35-30-22-20-29(21-23-30)32-33-27-31(28-34-32)36-25-18-15-12-10-9-11-13-16-19-26-37(2,3)4/h20-23,27-28H,5-19,24-26H2,1-4H3. The van der Waals surface area contributed by atoms with Crippen LogP contribution in [0.1, 0.15) is 103 Å². The van der Waals surface area contributed by atoms with Crippen molar-refractivity contribution >= 4 is 8.07 Å². The molecule has 0 spiro atoms. The van der Waals surface area contributed by atoms with Gasteiger partial charge in [-0.2, -0.15) is 0 Å². The van der Waals surface area contributed by atoms with Crippen molar-refractivity contribution in [2.75, 3.05) is 13.2 Å². The van der Waals surface area contributed by atoms with Crippen molar-refractivity contribution in [3.05, 3.63) is 36.7 Å². The van der Waals surface area contributed by atoms with Crippen LogP contribution in [0.15, 0.2) is 36.7 Å². The van der Waals surface area contributed by atoms with Crippen LogP contribution in [0.25, 0.3) is 11.4 Å². The molecule has 0 aliphatic heterocycles. The van der Waals surface area contributed by atoms with Crippen LogP contribution in [0.5, 0.6) is 11.5 Å². The Balaban J connectivity index is 1.51. The second kappa shape index (κ2) is 19.2. The molecule has 0 saturated heterocycles. The number of hydrogen-bond acceptors (Lipinski definition) is 4. The number of nitrogens with zero attached hydrogens (tertiary/aromatic N) is 2. The van der Waals surface area contributed by atoms with Crippen LogP contribution in [-0.4, -0.2) is 31.3 Å². The van der Waals surface area contributed by atoms with E-state index in [9.17, 15) is 0 Å². The molecular weight excluding hydrogens is 472 g/mol. The van der Waals surface area contributed by atoms with Crippen LogP contribution in [0, 0.1) is 0 Å². The van der Waals surface area contributed by atoms with Crippen molar-refractivity contribution in [3.8, 4) is 22.9 Å². The van der Waals surface area contributed by atoms with Gasteiger partial charge in [-0.05, 0) is 37.1 Å². The zero-order chi connectivity index (χ0) is 26.6. The van der Waals surface area contributed by atoms with E-state index in [4.69, 9.17) is 9.47 Å². The highest BCUT2D eigenvalue weighted by Gasteiger charge is 2.11.